The standard InChI is InChI=1S/C11H10Cl3NO/c1-6-2-3-8(13)11(10(6)14)15-5-7(12)4-9(15)16/h2-3,7H,4-5H2,1H3. The molecule has 86 valence electrons. The first kappa shape index (κ1) is 12.0. The minimum atomic E-state index is -0.167. The van der Waals surface area contributed by atoms with E-state index in [1.807, 2.05) is 13.0 Å². The first-order valence-electron chi connectivity index (χ1n) is 4.89. The van der Waals surface area contributed by atoms with Crippen molar-refractivity contribution in [2.45, 2.75) is 18.7 Å². The Hall–Kier alpha value is -0.440. The van der Waals surface area contributed by atoms with Crippen LogP contribution in [0.4, 0.5) is 5.69 Å². The van der Waals surface area contributed by atoms with Gasteiger partial charge in [-0.25, -0.2) is 0 Å². The number of carbonyl (C=O) groups is 1. The summed E-state index contributed by atoms with van der Waals surface area (Å²) in [4.78, 5) is 13.3. The molecule has 0 bridgehead atoms. The third-order valence-electron chi connectivity index (χ3n) is 2.61. The Morgan fingerprint density at radius 3 is 2.62 bits per heavy atom. The summed E-state index contributed by atoms with van der Waals surface area (Å²) in [6, 6.07) is 3.57. The summed E-state index contributed by atoms with van der Waals surface area (Å²) in [6.45, 7) is 2.34. The number of rotatable bonds is 1. The number of hydrogen-bond acceptors (Lipinski definition) is 1. The first-order chi connectivity index (χ1) is 7.50. The molecule has 1 fully saturated rings. The van der Waals surface area contributed by atoms with Crippen LogP contribution in [0.2, 0.25) is 10.0 Å². The molecule has 1 saturated heterocycles. The number of aryl methyl sites for hydroxylation is 1. The third-order valence-corrected chi connectivity index (χ3v) is 3.68. The number of anilines is 1. The van der Waals surface area contributed by atoms with Crippen LogP contribution in [0.3, 0.4) is 0 Å². The molecule has 0 N–H and O–H groups in total. The minimum absolute atomic E-state index is 0.0330. The van der Waals surface area contributed by atoms with Gasteiger partial charge in [-0.2, -0.15) is 0 Å². The molecule has 1 heterocycles. The largest absolute Gasteiger partial charge is 0.308 e. The first-order valence-corrected chi connectivity index (χ1v) is 6.09. The van der Waals surface area contributed by atoms with E-state index in [9.17, 15) is 4.79 Å². The topological polar surface area (TPSA) is 20.3 Å². The molecular formula is C11H10Cl3NO. The molecule has 0 saturated carbocycles. The lowest BCUT2D eigenvalue weighted by Crippen LogP contribution is -2.25. The molecule has 2 rings (SSSR count). The number of amides is 1. The molecule has 0 spiro atoms. The number of hydrogen-bond donors (Lipinski definition) is 0. The van der Waals surface area contributed by atoms with Crippen molar-refractivity contribution in [3.63, 3.8) is 0 Å². The van der Waals surface area contributed by atoms with Gasteiger partial charge in [-0.3, -0.25) is 4.79 Å². The average Bonchev–Trinajstić information content (AvgIpc) is 2.53. The Balaban J connectivity index is 2.48. The van der Waals surface area contributed by atoms with E-state index < -0.39 is 0 Å². The van der Waals surface area contributed by atoms with Gasteiger partial charge in [0.05, 0.1) is 21.1 Å². The van der Waals surface area contributed by atoms with E-state index in [4.69, 9.17) is 34.8 Å². The number of halogens is 3. The van der Waals surface area contributed by atoms with Crippen LogP contribution >= 0.6 is 34.8 Å². The molecule has 1 aliphatic rings. The zero-order chi connectivity index (χ0) is 11.9. The summed E-state index contributed by atoms with van der Waals surface area (Å²) in [7, 11) is 0. The Morgan fingerprint density at radius 1 is 1.38 bits per heavy atom. The van der Waals surface area contributed by atoms with Gasteiger partial charge in [0.1, 0.15) is 0 Å². The molecule has 0 aromatic heterocycles. The van der Waals surface area contributed by atoms with Gasteiger partial charge >= 0.3 is 0 Å². The SMILES string of the molecule is Cc1ccc(Cl)c(N2CC(Cl)CC2=O)c1Cl. The van der Waals surface area contributed by atoms with Crippen LogP contribution in [0.15, 0.2) is 12.1 Å². The summed E-state index contributed by atoms with van der Waals surface area (Å²) in [5.74, 6) is -0.0330. The van der Waals surface area contributed by atoms with Crippen molar-refractivity contribution in [3.8, 4) is 0 Å². The minimum Gasteiger partial charge on any atom is -0.308 e. The quantitative estimate of drug-likeness (QED) is 0.718. The summed E-state index contributed by atoms with van der Waals surface area (Å²) in [6.07, 6.45) is 0.335. The van der Waals surface area contributed by atoms with E-state index in [-0.39, 0.29) is 11.3 Å². The van der Waals surface area contributed by atoms with Gasteiger partial charge in [0.2, 0.25) is 5.91 Å². The smallest absolute Gasteiger partial charge is 0.228 e. The van der Waals surface area contributed by atoms with Crippen LogP contribution < -0.4 is 4.90 Å². The molecular weight excluding hydrogens is 268 g/mol. The van der Waals surface area contributed by atoms with Gasteiger partial charge in [0.25, 0.3) is 0 Å². The van der Waals surface area contributed by atoms with E-state index in [0.29, 0.717) is 28.7 Å². The Kier molecular flexibility index (Phi) is 3.34. The second kappa shape index (κ2) is 4.44. The zero-order valence-electron chi connectivity index (χ0n) is 8.64. The molecule has 2 nitrogen and oxygen atoms in total. The second-order valence-electron chi connectivity index (χ2n) is 3.83. The molecule has 1 amide bonds. The highest BCUT2D eigenvalue weighted by atomic mass is 35.5. The van der Waals surface area contributed by atoms with Crippen LogP contribution in [-0.4, -0.2) is 17.8 Å². The maximum absolute atomic E-state index is 11.7. The fourth-order valence-corrected chi connectivity index (χ4v) is 2.61. The van der Waals surface area contributed by atoms with Gasteiger partial charge in [0.15, 0.2) is 0 Å². The predicted octanol–water partition coefficient (Wildman–Crippen LogP) is 3.65. The van der Waals surface area contributed by atoms with E-state index in [2.05, 4.69) is 0 Å². The fourth-order valence-electron chi connectivity index (χ4n) is 1.77. The van der Waals surface area contributed by atoms with E-state index in [1.165, 1.54) is 0 Å². The lowest BCUT2D eigenvalue weighted by molar-refractivity contribution is -0.117. The van der Waals surface area contributed by atoms with Crippen LogP contribution in [0.1, 0.15) is 12.0 Å². The molecule has 1 aliphatic heterocycles. The Labute approximate surface area is 109 Å². The second-order valence-corrected chi connectivity index (χ2v) is 5.24. The van der Waals surface area contributed by atoms with Crippen molar-refractivity contribution < 1.29 is 4.79 Å². The monoisotopic (exact) mass is 277 g/mol. The lowest BCUT2D eigenvalue weighted by Gasteiger charge is -2.20. The normalized spacial score (nSPS) is 20.6. The van der Waals surface area contributed by atoms with Crippen LogP contribution in [0, 0.1) is 6.92 Å². The number of benzene rings is 1. The number of nitrogens with zero attached hydrogens (tertiary/aromatic N) is 1. The molecule has 5 heteroatoms. The summed E-state index contributed by atoms with van der Waals surface area (Å²) in [5.41, 5.74) is 1.48. The highest BCUT2D eigenvalue weighted by Gasteiger charge is 2.31. The van der Waals surface area contributed by atoms with Crippen molar-refractivity contribution >= 4 is 46.4 Å². The molecule has 0 aliphatic carbocycles. The zero-order valence-corrected chi connectivity index (χ0v) is 10.9. The van der Waals surface area contributed by atoms with E-state index >= 15 is 0 Å². The molecule has 1 aromatic carbocycles. The molecule has 1 aromatic rings. The Bertz CT molecular complexity index is 447. The van der Waals surface area contributed by atoms with E-state index in [0.717, 1.165) is 5.56 Å². The number of alkyl halides is 1. The lowest BCUT2D eigenvalue weighted by atomic mass is 10.2. The summed E-state index contributed by atoms with van der Waals surface area (Å²) >= 11 is 18.2. The van der Waals surface area contributed by atoms with Gasteiger partial charge in [0, 0.05) is 13.0 Å². The van der Waals surface area contributed by atoms with Crippen molar-refractivity contribution in [2.75, 3.05) is 11.4 Å². The number of carbonyl (C=O) groups excluding carboxylic acids is 1. The molecule has 16 heavy (non-hydrogen) atoms. The van der Waals surface area contributed by atoms with Crippen molar-refractivity contribution in [1.82, 2.24) is 0 Å². The van der Waals surface area contributed by atoms with E-state index in [1.54, 1.807) is 11.0 Å². The fraction of sp³-hybridized carbons (Fsp3) is 0.364. The van der Waals surface area contributed by atoms with Crippen molar-refractivity contribution in [3.05, 3.63) is 27.7 Å². The maximum atomic E-state index is 11.7. The van der Waals surface area contributed by atoms with Crippen LogP contribution in [0.5, 0.6) is 0 Å². The van der Waals surface area contributed by atoms with Crippen LogP contribution in [0.25, 0.3) is 0 Å². The maximum Gasteiger partial charge on any atom is 0.228 e. The molecule has 1 atom stereocenters. The Morgan fingerprint density at radius 2 is 2.06 bits per heavy atom. The highest BCUT2D eigenvalue weighted by molar-refractivity contribution is 6.40. The summed E-state index contributed by atoms with van der Waals surface area (Å²) in [5, 5.41) is 0.835. The van der Waals surface area contributed by atoms with Gasteiger partial charge in [-0.15, -0.1) is 11.6 Å². The molecule has 1 unspecified atom stereocenters. The molecule has 0 radical (unpaired) electrons. The summed E-state index contributed by atoms with van der Waals surface area (Å²) < 4.78 is 0. The van der Waals surface area contributed by atoms with Crippen LogP contribution in [-0.2, 0) is 4.79 Å². The predicted molar refractivity (Wildman–Crippen MR) is 67.8 cm³/mol. The van der Waals surface area contributed by atoms with Gasteiger partial charge in [-0.1, -0.05) is 29.3 Å². The average molecular weight is 279 g/mol. The van der Waals surface area contributed by atoms with Crippen molar-refractivity contribution in [1.29, 1.82) is 0 Å². The van der Waals surface area contributed by atoms with Gasteiger partial charge in [-0.05, 0) is 18.6 Å². The van der Waals surface area contributed by atoms with Gasteiger partial charge < -0.3 is 4.90 Å². The third kappa shape index (κ3) is 2.02. The van der Waals surface area contributed by atoms with Crippen molar-refractivity contribution in [2.24, 2.45) is 0 Å². The highest BCUT2D eigenvalue weighted by Crippen LogP contribution is 2.38.